The first kappa shape index (κ1) is 13.5. The summed E-state index contributed by atoms with van der Waals surface area (Å²) in [7, 11) is 0. The van der Waals surface area contributed by atoms with Gasteiger partial charge in [0, 0.05) is 16.7 Å². The van der Waals surface area contributed by atoms with Crippen molar-refractivity contribution in [2.45, 2.75) is 30.4 Å². The highest BCUT2D eigenvalue weighted by atomic mass is 32.2. The summed E-state index contributed by atoms with van der Waals surface area (Å²) >= 11 is 1.53. The van der Waals surface area contributed by atoms with Gasteiger partial charge in [-0.1, -0.05) is 19.1 Å². The first-order valence-electron chi connectivity index (χ1n) is 5.44. The van der Waals surface area contributed by atoms with Crippen molar-refractivity contribution in [2.75, 3.05) is 12.4 Å². The standard InChI is InChI=1S/C12H19NO2S/c1-2-12(13)9-3-5-11(6-4-9)16-8-10(15)7-14/h3-6,10,12,14-15H,2,7-8,13H2,1H3/t10?,12-/m0/s1. The maximum Gasteiger partial charge on any atom is 0.0864 e. The molecule has 0 radical (unpaired) electrons. The van der Waals surface area contributed by atoms with Gasteiger partial charge in [-0.05, 0) is 24.1 Å². The van der Waals surface area contributed by atoms with Crippen molar-refractivity contribution in [1.82, 2.24) is 0 Å². The van der Waals surface area contributed by atoms with Crippen LogP contribution in [0, 0.1) is 0 Å². The zero-order valence-corrected chi connectivity index (χ0v) is 10.3. The van der Waals surface area contributed by atoms with E-state index < -0.39 is 6.10 Å². The summed E-state index contributed by atoms with van der Waals surface area (Å²) in [6.45, 7) is 1.87. The van der Waals surface area contributed by atoms with Gasteiger partial charge in [-0.3, -0.25) is 0 Å². The van der Waals surface area contributed by atoms with Crippen LogP contribution in [0.3, 0.4) is 0 Å². The van der Waals surface area contributed by atoms with E-state index in [9.17, 15) is 5.11 Å². The van der Waals surface area contributed by atoms with E-state index in [1.807, 2.05) is 24.3 Å². The minimum absolute atomic E-state index is 0.0992. The molecule has 1 aromatic rings. The van der Waals surface area contributed by atoms with E-state index >= 15 is 0 Å². The molecule has 0 saturated carbocycles. The summed E-state index contributed by atoms with van der Waals surface area (Å²) in [5.74, 6) is 0.510. The van der Waals surface area contributed by atoms with E-state index in [4.69, 9.17) is 10.8 Å². The fourth-order valence-corrected chi connectivity index (χ4v) is 2.11. The molecule has 0 amide bonds. The van der Waals surface area contributed by atoms with Crippen LogP contribution in [-0.4, -0.2) is 28.7 Å². The number of aliphatic hydroxyl groups is 2. The second-order valence-corrected chi connectivity index (χ2v) is 4.82. The molecule has 2 atom stereocenters. The van der Waals surface area contributed by atoms with Crippen LogP contribution in [0.5, 0.6) is 0 Å². The van der Waals surface area contributed by atoms with Gasteiger partial charge in [0.1, 0.15) is 0 Å². The highest BCUT2D eigenvalue weighted by Crippen LogP contribution is 2.21. The number of aliphatic hydroxyl groups excluding tert-OH is 2. The smallest absolute Gasteiger partial charge is 0.0864 e. The molecule has 90 valence electrons. The number of benzene rings is 1. The van der Waals surface area contributed by atoms with E-state index in [0.717, 1.165) is 16.9 Å². The van der Waals surface area contributed by atoms with Crippen molar-refractivity contribution in [3.8, 4) is 0 Å². The lowest BCUT2D eigenvalue weighted by molar-refractivity contribution is 0.113. The molecule has 0 aliphatic rings. The van der Waals surface area contributed by atoms with E-state index in [1.165, 1.54) is 11.8 Å². The van der Waals surface area contributed by atoms with E-state index in [2.05, 4.69) is 6.92 Å². The minimum atomic E-state index is -0.650. The molecular weight excluding hydrogens is 222 g/mol. The monoisotopic (exact) mass is 241 g/mol. The SMILES string of the molecule is CC[C@H](N)c1ccc(SCC(O)CO)cc1. The topological polar surface area (TPSA) is 66.5 Å². The van der Waals surface area contributed by atoms with Gasteiger partial charge in [-0.25, -0.2) is 0 Å². The van der Waals surface area contributed by atoms with Crippen LogP contribution < -0.4 is 5.73 Å². The maximum absolute atomic E-state index is 9.21. The van der Waals surface area contributed by atoms with E-state index in [-0.39, 0.29) is 12.6 Å². The number of nitrogens with two attached hydrogens (primary N) is 1. The van der Waals surface area contributed by atoms with Crippen molar-refractivity contribution in [1.29, 1.82) is 0 Å². The molecule has 4 N–H and O–H groups in total. The lowest BCUT2D eigenvalue weighted by atomic mass is 10.1. The summed E-state index contributed by atoms with van der Waals surface area (Å²) in [5, 5.41) is 17.9. The fourth-order valence-electron chi connectivity index (χ4n) is 1.29. The zero-order valence-electron chi connectivity index (χ0n) is 9.47. The van der Waals surface area contributed by atoms with Gasteiger partial charge in [0.15, 0.2) is 0 Å². The third kappa shape index (κ3) is 4.14. The minimum Gasteiger partial charge on any atom is -0.394 e. The first-order chi connectivity index (χ1) is 7.67. The Kier molecular flexibility index (Phi) is 5.84. The highest BCUT2D eigenvalue weighted by molar-refractivity contribution is 7.99. The van der Waals surface area contributed by atoms with Gasteiger partial charge in [0.05, 0.1) is 12.7 Å². The normalized spacial score (nSPS) is 14.8. The fraction of sp³-hybridized carbons (Fsp3) is 0.500. The Balaban J connectivity index is 2.51. The predicted octanol–water partition coefficient (Wildman–Crippen LogP) is 1.54. The summed E-state index contributed by atoms with van der Waals surface area (Å²) in [5.41, 5.74) is 7.04. The Morgan fingerprint density at radius 2 is 1.94 bits per heavy atom. The molecule has 4 heteroatoms. The molecule has 16 heavy (non-hydrogen) atoms. The Bertz CT molecular complexity index is 302. The molecule has 0 aliphatic heterocycles. The molecule has 0 aromatic heterocycles. The molecule has 1 aromatic carbocycles. The van der Waals surface area contributed by atoms with Crippen LogP contribution in [-0.2, 0) is 0 Å². The number of rotatable bonds is 6. The second-order valence-electron chi connectivity index (χ2n) is 3.73. The van der Waals surface area contributed by atoms with E-state index in [0.29, 0.717) is 5.75 Å². The van der Waals surface area contributed by atoms with Crippen molar-refractivity contribution < 1.29 is 10.2 Å². The third-order valence-corrected chi connectivity index (χ3v) is 3.56. The van der Waals surface area contributed by atoms with Gasteiger partial charge in [-0.15, -0.1) is 11.8 Å². The highest BCUT2D eigenvalue weighted by Gasteiger charge is 2.05. The quantitative estimate of drug-likeness (QED) is 0.661. The average Bonchev–Trinajstić information content (AvgIpc) is 2.35. The summed E-state index contributed by atoms with van der Waals surface area (Å²) in [6, 6.07) is 8.13. The molecule has 0 spiro atoms. The Labute approximate surface area is 101 Å². The van der Waals surface area contributed by atoms with Crippen molar-refractivity contribution in [3.63, 3.8) is 0 Å². The van der Waals surface area contributed by atoms with Crippen LogP contribution in [0.4, 0.5) is 0 Å². The second kappa shape index (κ2) is 6.91. The van der Waals surface area contributed by atoms with Gasteiger partial charge < -0.3 is 15.9 Å². The van der Waals surface area contributed by atoms with Crippen molar-refractivity contribution in [3.05, 3.63) is 29.8 Å². The maximum atomic E-state index is 9.21. The van der Waals surface area contributed by atoms with Gasteiger partial charge in [-0.2, -0.15) is 0 Å². The summed E-state index contributed by atoms with van der Waals surface area (Å²) in [6.07, 6.45) is 0.276. The van der Waals surface area contributed by atoms with Crippen LogP contribution >= 0.6 is 11.8 Å². The Hall–Kier alpha value is -0.550. The summed E-state index contributed by atoms with van der Waals surface area (Å²) in [4.78, 5) is 1.08. The largest absolute Gasteiger partial charge is 0.394 e. The zero-order chi connectivity index (χ0) is 12.0. The molecule has 0 heterocycles. The van der Waals surface area contributed by atoms with Crippen molar-refractivity contribution >= 4 is 11.8 Å². The molecule has 1 rings (SSSR count). The molecule has 0 saturated heterocycles. The lowest BCUT2D eigenvalue weighted by Crippen LogP contribution is -2.14. The number of hydrogen-bond donors (Lipinski definition) is 3. The molecular formula is C12H19NO2S. The molecule has 0 aliphatic carbocycles. The van der Waals surface area contributed by atoms with Gasteiger partial charge in [0.25, 0.3) is 0 Å². The molecule has 0 fully saturated rings. The lowest BCUT2D eigenvalue weighted by Gasteiger charge is -2.10. The Morgan fingerprint density at radius 3 is 2.44 bits per heavy atom. The van der Waals surface area contributed by atoms with Crippen LogP contribution in [0.1, 0.15) is 24.9 Å². The van der Waals surface area contributed by atoms with Crippen LogP contribution in [0.25, 0.3) is 0 Å². The van der Waals surface area contributed by atoms with Crippen molar-refractivity contribution in [2.24, 2.45) is 5.73 Å². The number of hydrogen-bond acceptors (Lipinski definition) is 4. The number of thioether (sulfide) groups is 1. The van der Waals surface area contributed by atoms with Gasteiger partial charge >= 0.3 is 0 Å². The van der Waals surface area contributed by atoms with E-state index in [1.54, 1.807) is 0 Å². The first-order valence-corrected chi connectivity index (χ1v) is 6.43. The summed E-state index contributed by atoms with van der Waals surface area (Å²) < 4.78 is 0. The molecule has 1 unspecified atom stereocenters. The predicted molar refractivity (Wildman–Crippen MR) is 67.5 cm³/mol. The van der Waals surface area contributed by atoms with Crippen LogP contribution in [0.2, 0.25) is 0 Å². The molecule has 0 bridgehead atoms. The van der Waals surface area contributed by atoms with Gasteiger partial charge in [0.2, 0.25) is 0 Å². The Morgan fingerprint density at radius 1 is 1.31 bits per heavy atom. The third-order valence-electron chi connectivity index (χ3n) is 2.40. The average molecular weight is 241 g/mol. The van der Waals surface area contributed by atoms with Crippen LogP contribution in [0.15, 0.2) is 29.2 Å². The molecule has 3 nitrogen and oxygen atoms in total.